The number of benzene rings is 1. The number of pyridine rings is 1. The summed E-state index contributed by atoms with van der Waals surface area (Å²) in [6, 6.07) is 11.4. The maximum atomic E-state index is 11.9. The van der Waals surface area contributed by atoms with Crippen molar-refractivity contribution in [2.45, 2.75) is 6.42 Å². The minimum Gasteiger partial charge on any atom is -0.385 e. The Kier molecular flexibility index (Phi) is 6.84. The van der Waals surface area contributed by atoms with E-state index in [9.17, 15) is 4.79 Å². The number of carbonyl (C=O) groups excluding carboxylic acids is 1. The summed E-state index contributed by atoms with van der Waals surface area (Å²) >= 11 is 5.87. The largest absolute Gasteiger partial charge is 0.385 e. The van der Waals surface area contributed by atoms with Crippen LogP contribution >= 0.6 is 11.6 Å². The van der Waals surface area contributed by atoms with Crippen LogP contribution in [0.2, 0.25) is 5.02 Å². The van der Waals surface area contributed by atoms with Gasteiger partial charge in [-0.2, -0.15) is 0 Å². The summed E-state index contributed by atoms with van der Waals surface area (Å²) < 4.78 is 4.90. The number of nitrogens with one attached hydrogen (secondary N) is 2. The van der Waals surface area contributed by atoms with Crippen LogP contribution in [0.1, 0.15) is 16.1 Å². The van der Waals surface area contributed by atoms with E-state index < -0.39 is 0 Å². The minimum atomic E-state index is -0.205. The number of halogens is 1. The molecule has 0 aliphatic carbocycles. The zero-order valence-corrected chi connectivity index (χ0v) is 13.8. The van der Waals surface area contributed by atoms with E-state index in [1.165, 1.54) is 5.56 Å². The lowest BCUT2D eigenvalue weighted by atomic mass is 10.1. The molecule has 0 spiro atoms. The monoisotopic (exact) mass is 333 g/mol. The highest BCUT2D eigenvalue weighted by atomic mass is 35.5. The van der Waals surface area contributed by atoms with Crippen LogP contribution in [0, 0.1) is 0 Å². The van der Waals surface area contributed by atoms with Crippen LogP contribution in [-0.2, 0) is 11.2 Å². The highest BCUT2D eigenvalue weighted by molar-refractivity contribution is 6.30. The number of methoxy groups -OCH3 is 1. The summed E-state index contributed by atoms with van der Waals surface area (Å²) in [5, 5.41) is 6.78. The molecule has 0 saturated heterocycles. The van der Waals surface area contributed by atoms with Crippen molar-refractivity contribution >= 4 is 23.2 Å². The van der Waals surface area contributed by atoms with Gasteiger partial charge in [0.1, 0.15) is 5.69 Å². The molecular weight excluding hydrogens is 314 g/mol. The first-order valence-corrected chi connectivity index (χ1v) is 7.78. The van der Waals surface area contributed by atoms with Crippen LogP contribution < -0.4 is 10.6 Å². The highest BCUT2D eigenvalue weighted by Gasteiger charge is 2.07. The van der Waals surface area contributed by atoms with E-state index in [1.807, 2.05) is 30.3 Å². The molecule has 1 heterocycles. The molecule has 0 aliphatic heterocycles. The summed E-state index contributed by atoms with van der Waals surface area (Å²) in [7, 11) is 1.59. The molecule has 2 N–H and O–H groups in total. The van der Waals surface area contributed by atoms with Crippen molar-refractivity contribution in [3.63, 3.8) is 0 Å². The van der Waals surface area contributed by atoms with E-state index >= 15 is 0 Å². The molecular formula is C17H20ClN3O2. The van der Waals surface area contributed by atoms with Crippen molar-refractivity contribution in [1.82, 2.24) is 10.3 Å². The predicted molar refractivity (Wildman–Crippen MR) is 92.1 cm³/mol. The molecule has 0 bridgehead atoms. The number of carbonyl (C=O) groups is 1. The number of ether oxygens (including phenoxy) is 1. The summed E-state index contributed by atoms with van der Waals surface area (Å²) in [5.74, 6) is -0.205. The second-order valence-corrected chi connectivity index (χ2v) is 5.42. The first kappa shape index (κ1) is 17.2. The van der Waals surface area contributed by atoms with Gasteiger partial charge < -0.3 is 15.4 Å². The van der Waals surface area contributed by atoms with Crippen LogP contribution in [0.5, 0.6) is 0 Å². The van der Waals surface area contributed by atoms with Crippen LogP contribution in [0.4, 0.5) is 5.69 Å². The number of nitrogens with zero attached hydrogens (tertiary/aromatic N) is 1. The van der Waals surface area contributed by atoms with Crippen LogP contribution in [0.3, 0.4) is 0 Å². The third-order valence-corrected chi connectivity index (χ3v) is 3.49. The summed E-state index contributed by atoms with van der Waals surface area (Å²) in [4.78, 5) is 16.0. The van der Waals surface area contributed by atoms with Crippen LogP contribution in [-0.4, -0.2) is 37.7 Å². The molecule has 0 unspecified atom stereocenters. The van der Waals surface area contributed by atoms with E-state index in [1.54, 1.807) is 19.4 Å². The van der Waals surface area contributed by atoms with Crippen molar-refractivity contribution in [3.05, 3.63) is 58.9 Å². The first-order valence-electron chi connectivity index (χ1n) is 7.40. The molecule has 2 aromatic rings. The van der Waals surface area contributed by atoms with E-state index in [0.29, 0.717) is 18.8 Å². The lowest BCUT2D eigenvalue weighted by molar-refractivity contribution is 0.0932. The molecule has 0 aliphatic rings. The number of aromatic nitrogens is 1. The van der Waals surface area contributed by atoms with Gasteiger partial charge in [-0.15, -0.1) is 0 Å². The molecule has 2 rings (SSSR count). The zero-order valence-electron chi connectivity index (χ0n) is 13.0. The molecule has 0 fully saturated rings. The fourth-order valence-electron chi connectivity index (χ4n) is 2.02. The Labute approximate surface area is 141 Å². The van der Waals surface area contributed by atoms with E-state index in [4.69, 9.17) is 16.3 Å². The average Bonchev–Trinajstić information content (AvgIpc) is 2.57. The molecule has 1 amide bonds. The van der Waals surface area contributed by atoms with Crippen LogP contribution in [0.25, 0.3) is 0 Å². The van der Waals surface area contributed by atoms with Crippen molar-refractivity contribution in [2.24, 2.45) is 0 Å². The van der Waals surface area contributed by atoms with Gasteiger partial charge in [-0.25, -0.2) is 0 Å². The third-order valence-electron chi connectivity index (χ3n) is 3.24. The topological polar surface area (TPSA) is 63.2 Å². The van der Waals surface area contributed by atoms with Gasteiger partial charge in [0.05, 0.1) is 6.61 Å². The molecule has 1 aromatic carbocycles. The number of hydrogen-bond donors (Lipinski definition) is 2. The molecule has 0 saturated carbocycles. The van der Waals surface area contributed by atoms with Crippen molar-refractivity contribution in [1.29, 1.82) is 0 Å². The predicted octanol–water partition coefficient (Wildman–Crippen LogP) is 2.77. The lowest BCUT2D eigenvalue weighted by Gasteiger charge is -2.08. The lowest BCUT2D eigenvalue weighted by Crippen LogP contribution is -2.27. The molecule has 1 aromatic heterocycles. The Morgan fingerprint density at radius 3 is 2.74 bits per heavy atom. The Bertz CT molecular complexity index is 632. The first-order chi connectivity index (χ1) is 11.2. The Morgan fingerprint density at radius 2 is 2.00 bits per heavy atom. The van der Waals surface area contributed by atoms with Crippen molar-refractivity contribution in [3.8, 4) is 0 Å². The number of amides is 1. The minimum absolute atomic E-state index is 0.205. The van der Waals surface area contributed by atoms with Crippen LogP contribution in [0.15, 0.2) is 42.6 Å². The van der Waals surface area contributed by atoms with Gasteiger partial charge >= 0.3 is 0 Å². The third kappa shape index (κ3) is 5.88. The van der Waals surface area contributed by atoms with Gasteiger partial charge in [-0.3, -0.25) is 9.78 Å². The smallest absolute Gasteiger partial charge is 0.270 e. The van der Waals surface area contributed by atoms with E-state index in [-0.39, 0.29) is 5.91 Å². The average molecular weight is 334 g/mol. The molecule has 23 heavy (non-hydrogen) atoms. The second-order valence-electron chi connectivity index (χ2n) is 4.98. The van der Waals surface area contributed by atoms with Gasteiger partial charge in [0.25, 0.3) is 5.91 Å². The molecule has 5 nitrogen and oxygen atoms in total. The molecule has 0 radical (unpaired) electrons. The highest BCUT2D eigenvalue weighted by Crippen LogP contribution is 2.11. The summed E-state index contributed by atoms with van der Waals surface area (Å²) in [6.45, 7) is 1.70. The van der Waals surface area contributed by atoms with E-state index in [2.05, 4.69) is 15.6 Å². The Balaban J connectivity index is 1.84. The van der Waals surface area contributed by atoms with Crippen molar-refractivity contribution in [2.75, 3.05) is 32.1 Å². The molecule has 0 atom stereocenters. The summed E-state index contributed by atoms with van der Waals surface area (Å²) in [5.41, 5.74) is 2.46. The Hall–Kier alpha value is -2.11. The number of anilines is 1. The maximum Gasteiger partial charge on any atom is 0.270 e. The molecule has 6 heteroatoms. The molecule has 122 valence electrons. The SMILES string of the molecule is COCCNC(=O)c1cc(NCCc2ccc(Cl)cc2)ccn1. The number of hydrogen-bond acceptors (Lipinski definition) is 4. The van der Waals surface area contributed by atoms with E-state index in [0.717, 1.165) is 23.7 Å². The maximum absolute atomic E-state index is 11.9. The normalized spacial score (nSPS) is 10.3. The number of rotatable bonds is 8. The fraction of sp³-hybridized carbons (Fsp3) is 0.294. The second kappa shape index (κ2) is 9.12. The quantitative estimate of drug-likeness (QED) is 0.729. The van der Waals surface area contributed by atoms with Gasteiger partial charge in [-0.1, -0.05) is 23.7 Å². The summed E-state index contributed by atoms with van der Waals surface area (Å²) in [6.07, 6.45) is 2.49. The fourth-order valence-corrected chi connectivity index (χ4v) is 2.15. The van der Waals surface area contributed by atoms with Gasteiger partial charge in [0.2, 0.25) is 0 Å². The van der Waals surface area contributed by atoms with Gasteiger partial charge in [-0.05, 0) is 36.2 Å². The van der Waals surface area contributed by atoms with Gasteiger partial charge in [0, 0.05) is 37.1 Å². The standard InChI is InChI=1S/C17H20ClN3O2/c1-23-11-10-21-17(22)16-12-15(7-9-20-16)19-8-6-13-2-4-14(18)5-3-13/h2-5,7,9,12H,6,8,10-11H2,1H3,(H,19,20)(H,21,22). The zero-order chi connectivity index (χ0) is 16.5. The van der Waals surface area contributed by atoms with Crippen molar-refractivity contribution < 1.29 is 9.53 Å². The Morgan fingerprint density at radius 1 is 1.22 bits per heavy atom. The van der Waals surface area contributed by atoms with Gasteiger partial charge in [0.15, 0.2) is 0 Å².